The number of carbonyl (C=O) groups is 3. The van der Waals surface area contributed by atoms with E-state index >= 15 is 0 Å². The van der Waals surface area contributed by atoms with Gasteiger partial charge in [-0.1, -0.05) is 23.7 Å². The number of methoxy groups -OCH3 is 1. The first kappa shape index (κ1) is 19.7. The number of H-pyrrole nitrogens is 1. The van der Waals surface area contributed by atoms with Crippen LogP contribution in [0.1, 0.15) is 57.6 Å². The molecule has 7 heteroatoms. The van der Waals surface area contributed by atoms with Crippen molar-refractivity contribution in [1.29, 1.82) is 0 Å². The van der Waals surface area contributed by atoms with E-state index < -0.39 is 5.97 Å². The molecule has 0 aliphatic heterocycles. The molecule has 0 fully saturated rings. The lowest BCUT2D eigenvalue weighted by molar-refractivity contribution is -0.121. The summed E-state index contributed by atoms with van der Waals surface area (Å²) in [5, 5.41) is 3.45. The molecule has 138 valence electrons. The van der Waals surface area contributed by atoms with E-state index in [9.17, 15) is 14.4 Å². The first-order chi connectivity index (χ1) is 12.2. The maximum Gasteiger partial charge on any atom is 0.339 e. The molecule has 0 aliphatic carbocycles. The molecule has 1 heterocycles. The van der Waals surface area contributed by atoms with Gasteiger partial charge in [0.25, 0.3) is 0 Å². The van der Waals surface area contributed by atoms with E-state index in [2.05, 4.69) is 10.3 Å². The summed E-state index contributed by atoms with van der Waals surface area (Å²) in [5.74, 6) is -1.09. The van der Waals surface area contributed by atoms with Crippen molar-refractivity contribution >= 4 is 29.3 Å². The fourth-order valence-corrected chi connectivity index (χ4v) is 3.03. The van der Waals surface area contributed by atoms with Gasteiger partial charge in [0.1, 0.15) is 0 Å². The summed E-state index contributed by atoms with van der Waals surface area (Å²) >= 11 is 5.98. The second-order valence-corrected chi connectivity index (χ2v) is 6.48. The molecule has 1 unspecified atom stereocenters. The maximum absolute atomic E-state index is 12.4. The number of ether oxygens (including phenoxy) is 1. The highest BCUT2D eigenvalue weighted by Gasteiger charge is 2.24. The average molecular weight is 377 g/mol. The number of esters is 1. The number of aromatic amines is 1. The van der Waals surface area contributed by atoms with Crippen LogP contribution < -0.4 is 5.32 Å². The molecule has 0 bridgehead atoms. The van der Waals surface area contributed by atoms with Crippen molar-refractivity contribution in [1.82, 2.24) is 10.3 Å². The molecule has 1 aromatic carbocycles. The van der Waals surface area contributed by atoms with Crippen molar-refractivity contribution in [3.05, 3.63) is 57.4 Å². The molecule has 1 amide bonds. The third kappa shape index (κ3) is 4.32. The first-order valence-corrected chi connectivity index (χ1v) is 8.47. The minimum Gasteiger partial charge on any atom is -0.465 e. The highest BCUT2D eigenvalue weighted by Crippen LogP contribution is 2.22. The lowest BCUT2D eigenvalue weighted by atomic mass is 10.1. The highest BCUT2D eigenvalue weighted by molar-refractivity contribution is 6.30. The lowest BCUT2D eigenvalue weighted by Crippen LogP contribution is -2.28. The van der Waals surface area contributed by atoms with Crippen LogP contribution in [-0.4, -0.2) is 29.8 Å². The van der Waals surface area contributed by atoms with Gasteiger partial charge >= 0.3 is 5.97 Å². The molecule has 0 saturated carbocycles. The number of Topliss-reactive ketones (excluding diaryl/α,β-unsaturated/α-hetero) is 1. The minimum absolute atomic E-state index is 0.0799. The molecule has 1 aromatic heterocycles. The monoisotopic (exact) mass is 376 g/mol. The van der Waals surface area contributed by atoms with Crippen LogP contribution in [0.25, 0.3) is 0 Å². The molecule has 0 spiro atoms. The largest absolute Gasteiger partial charge is 0.465 e. The van der Waals surface area contributed by atoms with Crippen LogP contribution in [0.5, 0.6) is 0 Å². The number of aromatic nitrogens is 1. The van der Waals surface area contributed by atoms with Crippen LogP contribution in [-0.2, 0) is 16.0 Å². The van der Waals surface area contributed by atoms with E-state index in [4.69, 9.17) is 16.3 Å². The van der Waals surface area contributed by atoms with Crippen LogP contribution >= 0.6 is 11.6 Å². The number of halogens is 1. The highest BCUT2D eigenvalue weighted by atomic mass is 35.5. The van der Waals surface area contributed by atoms with E-state index in [1.165, 1.54) is 14.0 Å². The number of hydrogen-bond donors (Lipinski definition) is 2. The summed E-state index contributed by atoms with van der Waals surface area (Å²) in [7, 11) is 1.26. The van der Waals surface area contributed by atoms with Crippen LogP contribution in [0.3, 0.4) is 0 Å². The Labute approximate surface area is 156 Å². The SMILES string of the molecule is COC(=O)c1c(CC(=O)NC(C)c2cccc(Cl)c2)[nH]c(C(C)=O)c1C. The minimum atomic E-state index is -0.586. The fraction of sp³-hybridized carbons (Fsp3) is 0.316. The van der Waals surface area contributed by atoms with E-state index in [-0.39, 0.29) is 29.7 Å². The topological polar surface area (TPSA) is 88.3 Å². The van der Waals surface area contributed by atoms with Crippen LogP contribution in [0.15, 0.2) is 24.3 Å². The molecule has 2 rings (SSSR count). The predicted molar refractivity (Wildman–Crippen MR) is 98.6 cm³/mol. The van der Waals surface area contributed by atoms with Crippen LogP contribution in [0.2, 0.25) is 5.02 Å². The molecule has 0 saturated heterocycles. The summed E-state index contributed by atoms with van der Waals surface area (Å²) in [6.45, 7) is 4.88. The van der Waals surface area contributed by atoms with E-state index in [1.54, 1.807) is 19.1 Å². The Morgan fingerprint density at radius 2 is 2.00 bits per heavy atom. The zero-order chi connectivity index (χ0) is 19.4. The van der Waals surface area contributed by atoms with E-state index in [0.717, 1.165) is 5.56 Å². The van der Waals surface area contributed by atoms with Gasteiger partial charge in [-0.15, -0.1) is 0 Å². The van der Waals surface area contributed by atoms with Gasteiger partial charge in [0.05, 0.1) is 30.8 Å². The molecule has 0 radical (unpaired) electrons. The van der Waals surface area contributed by atoms with Crippen molar-refractivity contribution in [3.63, 3.8) is 0 Å². The van der Waals surface area contributed by atoms with Crippen molar-refractivity contribution in [3.8, 4) is 0 Å². The van der Waals surface area contributed by atoms with Gasteiger partial charge in [-0.3, -0.25) is 9.59 Å². The van der Waals surface area contributed by atoms with Crippen molar-refractivity contribution in [2.75, 3.05) is 7.11 Å². The third-order valence-corrected chi connectivity index (χ3v) is 4.37. The van der Waals surface area contributed by atoms with E-state index in [1.807, 2.05) is 19.1 Å². The molecule has 2 N–H and O–H groups in total. The predicted octanol–water partition coefficient (Wildman–Crippen LogP) is 3.39. The lowest BCUT2D eigenvalue weighted by Gasteiger charge is -2.14. The second-order valence-electron chi connectivity index (χ2n) is 6.05. The molecule has 26 heavy (non-hydrogen) atoms. The third-order valence-electron chi connectivity index (χ3n) is 4.13. The number of amides is 1. The number of nitrogens with one attached hydrogen (secondary N) is 2. The summed E-state index contributed by atoms with van der Waals surface area (Å²) in [4.78, 5) is 39.1. The Kier molecular flexibility index (Phi) is 6.21. The standard InChI is InChI=1S/C19H21ClN2O4/c1-10-17(19(25)26-4)15(22-18(10)12(3)23)9-16(24)21-11(2)13-6-5-7-14(20)8-13/h5-8,11,22H,9H2,1-4H3,(H,21,24). The van der Waals surface area contributed by atoms with Gasteiger partial charge in [0, 0.05) is 17.6 Å². The van der Waals surface area contributed by atoms with Crippen molar-refractivity contribution < 1.29 is 19.1 Å². The number of ketones is 1. The summed E-state index contributed by atoms with van der Waals surface area (Å²) < 4.78 is 4.78. The normalized spacial score (nSPS) is 11.7. The summed E-state index contributed by atoms with van der Waals surface area (Å²) in [6, 6.07) is 6.95. The molecule has 0 aliphatic rings. The van der Waals surface area contributed by atoms with Gasteiger partial charge in [0.2, 0.25) is 5.91 Å². The van der Waals surface area contributed by atoms with E-state index in [0.29, 0.717) is 22.0 Å². The quantitative estimate of drug-likeness (QED) is 0.597. The zero-order valence-electron chi connectivity index (χ0n) is 15.1. The average Bonchev–Trinajstić information content (AvgIpc) is 2.90. The molecular formula is C19H21ClN2O4. The molecule has 2 aromatic rings. The molecule has 6 nitrogen and oxygen atoms in total. The first-order valence-electron chi connectivity index (χ1n) is 8.10. The zero-order valence-corrected chi connectivity index (χ0v) is 15.9. The van der Waals surface area contributed by atoms with Gasteiger partial charge in [0.15, 0.2) is 5.78 Å². The fourth-order valence-electron chi connectivity index (χ4n) is 2.83. The van der Waals surface area contributed by atoms with Crippen molar-refractivity contribution in [2.45, 2.75) is 33.2 Å². The Morgan fingerprint density at radius 3 is 2.58 bits per heavy atom. The van der Waals surface area contributed by atoms with Crippen molar-refractivity contribution in [2.24, 2.45) is 0 Å². The summed E-state index contributed by atoms with van der Waals surface area (Å²) in [6.07, 6.45) is -0.0799. The summed E-state index contributed by atoms with van der Waals surface area (Å²) in [5.41, 5.74) is 2.23. The van der Waals surface area contributed by atoms with Crippen LogP contribution in [0, 0.1) is 6.92 Å². The number of carbonyl (C=O) groups excluding carboxylic acids is 3. The smallest absolute Gasteiger partial charge is 0.339 e. The Bertz CT molecular complexity index is 857. The van der Waals surface area contributed by atoms with Crippen LogP contribution in [0.4, 0.5) is 0 Å². The van der Waals surface area contributed by atoms with Gasteiger partial charge < -0.3 is 15.0 Å². The van der Waals surface area contributed by atoms with Gasteiger partial charge in [-0.2, -0.15) is 0 Å². The molecule has 1 atom stereocenters. The number of rotatable bonds is 6. The number of hydrogen-bond acceptors (Lipinski definition) is 4. The maximum atomic E-state index is 12.4. The Balaban J connectivity index is 2.21. The van der Waals surface area contributed by atoms with Gasteiger partial charge in [-0.05, 0) is 37.1 Å². The number of benzene rings is 1. The Morgan fingerprint density at radius 1 is 1.31 bits per heavy atom. The Hall–Kier alpha value is -2.60. The van der Waals surface area contributed by atoms with Gasteiger partial charge in [-0.25, -0.2) is 4.79 Å². The second kappa shape index (κ2) is 8.19. The molecular weight excluding hydrogens is 356 g/mol.